The summed E-state index contributed by atoms with van der Waals surface area (Å²) in [5, 5.41) is 5.79. The molecule has 1 heterocycles. The summed E-state index contributed by atoms with van der Waals surface area (Å²) in [4.78, 5) is 38.2. The normalized spacial score (nSPS) is 23.8. The molecule has 4 amide bonds. The lowest BCUT2D eigenvalue weighted by Gasteiger charge is -2.39. The van der Waals surface area contributed by atoms with Crippen LogP contribution in [0.1, 0.15) is 44.6 Å². The minimum absolute atomic E-state index is 0.0203. The van der Waals surface area contributed by atoms with Crippen molar-refractivity contribution >= 4 is 17.8 Å². The number of nitrogens with zero attached hydrogens (tertiary/aromatic N) is 1. The summed E-state index contributed by atoms with van der Waals surface area (Å²) >= 11 is 0. The third-order valence-electron chi connectivity index (χ3n) is 5.32. The van der Waals surface area contributed by atoms with Crippen molar-refractivity contribution in [1.82, 2.24) is 15.5 Å². The standard InChI is InChI=1S/C20H27N3O3/c1-14(11-12-15-7-3-2-4-8-15)21-18(24)13-23-19(25)16-9-5-6-10-17(16)22-20(23)26/h2-4,7-8,14,16-17H,5-6,9-13H2,1H3,(H,21,24)(H,22,26). The monoisotopic (exact) mass is 357 g/mol. The molecular formula is C20H27N3O3. The quantitative estimate of drug-likeness (QED) is 0.819. The van der Waals surface area contributed by atoms with Crippen LogP contribution in [0.2, 0.25) is 0 Å². The summed E-state index contributed by atoms with van der Waals surface area (Å²) in [6.45, 7) is 1.74. The first-order valence-electron chi connectivity index (χ1n) is 9.50. The average Bonchev–Trinajstić information content (AvgIpc) is 2.64. The fourth-order valence-electron chi connectivity index (χ4n) is 3.85. The van der Waals surface area contributed by atoms with Crippen molar-refractivity contribution in [1.29, 1.82) is 0 Å². The van der Waals surface area contributed by atoms with Crippen molar-refractivity contribution in [2.24, 2.45) is 5.92 Å². The van der Waals surface area contributed by atoms with E-state index >= 15 is 0 Å². The number of carbonyl (C=O) groups excluding carboxylic acids is 3. The zero-order valence-corrected chi connectivity index (χ0v) is 15.2. The van der Waals surface area contributed by atoms with E-state index in [-0.39, 0.29) is 36.4 Å². The maximum atomic E-state index is 12.6. The molecule has 2 aliphatic rings. The molecule has 26 heavy (non-hydrogen) atoms. The molecule has 1 saturated carbocycles. The Labute approximate surface area is 154 Å². The van der Waals surface area contributed by atoms with Gasteiger partial charge in [0.2, 0.25) is 11.8 Å². The Morgan fingerprint density at radius 1 is 1.23 bits per heavy atom. The van der Waals surface area contributed by atoms with E-state index in [1.54, 1.807) is 0 Å². The van der Waals surface area contributed by atoms with E-state index in [1.165, 1.54) is 5.56 Å². The van der Waals surface area contributed by atoms with E-state index in [9.17, 15) is 14.4 Å². The zero-order chi connectivity index (χ0) is 18.5. The molecule has 1 aliphatic heterocycles. The van der Waals surface area contributed by atoms with Gasteiger partial charge in [0.15, 0.2) is 0 Å². The minimum Gasteiger partial charge on any atom is -0.352 e. The van der Waals surface area contributed by atoms with E-state index in [1.807, 2.05) is 25.1 Å². The van der Waals surface area contributed by atoms with Crippen LogP contribution in [0.4, 0.5) is 4.79 Å². The molecule has 0 spiro atoms. The number of hydrogen-bond donors (Lipinski definition) is 2. The van der Waals surface area contributed by atoms with Crippen molar-refractivity contribution < 1.29 is 14.4 Å². The molecule has 3 atom stereocenters. The smallest absolute Gasteiger partial charge is 0.324 e. The van der Waals surface area contributed by atoms with Crippen LogP contribution in [0, 0.1) is 5.92 Å². The summed E-state index contributed by atoms with van der Waals surface area (Å²) in [5.74, 6) is -0.668. The third-order valence-corrected chi connectivity index (χ3v) is 5.32. The second kappa shape index (κ2) is 8.34. The molecule has 6 heteroatoms. The SMILES string of the molecule is CC(CCc1ccccc1)NC(=O)CN1C(=O)NC2CCCCC2C1=O. The van der Waals surface area contributed by atoms with Gasteiger partial charge in [-0.3, -0.25) is 14.5 Å². The van der Waals surface area contributed by atoms with Crippen molar-refractivity contribution in [2.75, 3.05) is 6.54 Å². The highest BCUT2D eigenvalue weighted by molar-refractivity contribution is 6.01. The lowest BCUT2D eigenvalue weighted by molar-refractivity contribution is -0.140. The molecule has 140 valence electrons. The number of imide groups is 1. The van der Waals surface area contributed by atoms with E-state index in [0.717, 1.165) is 43.4 Å². The molecule has 2 N–H and O–H groups in total. The molecule has 3 rings (SSSR count). The summed E-state index contributed by atoms with van der Waals surface area (Å²) < 4.78 is 0. The lowest BCUT2D eigenvalue weighted by atomic mass is 9.82. The average molecular weight is 357 g/mol. The number of carbonyl (C=O) groups is 3. The Morgan fingerprint density at radius 2 is 1.96 bits per heavy atom. The highest BCUT2D eigenvalue weighted by Crippen LogP contribution is 2.29. The number of aryl methyl sites for hydroxylation is 1. The van der Waals surface area contributed by atoms with E-state index < -0.39 is 6.03 Å². The number of urea groups is 1. The van der Waals surface area contributed by atoms with Gasteiger partial charge in [-0.1, -0.05) is 43.2 Å². The summed E-state index contributed by atoms with van der Waals surface area (Å²) in [5.41, 5.74) is 1.22. The molecule has 0 radical (unpaired) electrons. The van der Waals surface area contributed by atoms with E-state index in [0.29, 0.717) is 0 Å². The summed E-state index contributed by atoms with van der Waals surface area (Å²) in [6.07, 6.45) is 5.34. The van der Waals surface area contributed by atoms with Crippen LogP contribution in [0.5, 0.6) is 0 Å². The Morgan fingerprint density at radius 3 is 2.73 bits per heavy atom. The largest absolute Gasteiger partial charge is 0.352 e. The Hall–Kier alpha value is -2.37. The molecule has 1 saturated heterocycles. The Kier molecular flexibility index (Phi) is 5.91. The molecule has 1 aromatic rings. The number of nitrogens with one attached hydrogen (secondary N) is 2. The summed E-state index contributed by atoms with van der Waals surface area (Å²) in [6, 6.07) is 9.57. The van der Waals surface area contributed by atoms with Gasteiger partial charge in [0, 0.05) is 12.1 Å². The minimum atomic E-state index is -0.440. The first-order valence-corrected chi connectivity index (χ1v) is 9.50. The molecule has 6 nitrogen and oxygen atoms in total. The summed E-state index contributed by atoms with van der Waals surface area (Å²) in [7, 11) is 0. The molecule has 3 unspecified atom stereocenters. The first kappa shape index (κ1) is 18.4. The van der Waals surface area contributed by atoms with Crippen LogP contribution in [-0.2, 0) is 16.0 Å². The maximum absolute atomic E-state index is 12.6. The molecule has 0 aromatic heterocycles. The van der Waals surface area contributed by atoms with Crippen LogP contribution in [0.3, 0.4) is 0 Å². The predicted molar refractivity (Wildman–Crippen MR) is 98.4 cm³/mol. The van der Waals surface area contributed by atoms with Gasteiger partial charge in [-0.2, -0.15) is 0 Å². The van der Waals surface area contributed by atoms with Crippen molar-refractivity contribution in [3.8, 4) is 0 Å². The van der Waals surface area contributed by atoms with Crippen molar-refractivity contribution in [3.05, 3.63) is 35.9 Å². The maximum Gasteiger partial charge on any atom is 0.324 e. The van der Waals surface area contributed by atoms with Crippen LogP contribution in [0.15, 0.2) is 30.3 Å². The van der Waals surface area contributed by atoms with Crippen molar-refractivity contribution in [3.63, 3.8) is 0 Å². The van der Waals surface area contributed by atoms with Gasteiger partial charge in [0.25, 0.3) is 0 Å². The number of benzene rings is 1. The van der Waals surface area contributed by atoms with E-state index in [4.69, 9.17) is 0 Å². The zero-order valence-electron chi connectivity index (χ0n) is 15.2. The molecule has 2 fully saturated rings. The lowest BCUT2D eigenvalue weighted by Crippen LogP contribution is -2.62. The van der Waals surface area contributed by atoms with E-state index in [2.05, 4.69) is 22.8 Å². The Bertz CT molecular complexity index is 662. The predicted octanol–water partition coefficient (Wildman–Crippen LogP) is 2.23. The van der Waals surface area contributed by atoms with Gasteiger partial charge >= 0.3 is 6.03 Å². The number of hydrogen-bond acceptors (Lipinski definition) is 3. The highest BCUT2D eigenvalue weighted by atomic mass is 16.2. The van der Waals surface area contributed by atoms with Gasteiger partial charge in [-0.15, -0.1) is 0 Å². The van der Waals surface area contributed by atoms with Gasteiger partial charge in [0.05, 0.1) is 5.92 Å². The molecule has 0 bridgehead atoms. The van der Waals surface area contributed by atoms with Crippen LogP contribution < -0.4 is 10.6 Å². The van der Waals surface area contributed by atoms with Crippen LogP contribution in [-0.4, -0.2) is 41.4 Å². The second-order valence-electron chi connectivity index (χ2n) is 7.36. The number of fused-ring (bicyclic) bond motifs is 1. The van der Waals surface area contributed by atoms with Gasteiger partial charge < -0.3 is 10.6 Å². The first-order chi connectivity index (χ1) is 12.5. The molecular weight excluding hydrogens is 330 g/mol. The highest BCUT2D eigenvalue weighted by Gasteiger charge is 2.42. The van der Waals surface area contributed by atoms with Gasteiger partial charge in [0.1, 0.15) is 6.54 Å². The topological polar surface area (TPSA) is 78.5 Å². The van der Waals surface area contributed by atoms with Crippen LogP contribution in [0.25, 0.3) is 0 Å². The third kappa shape index (κ3) is 4.42. The molecule has 1 aromatic carbocycles. The number of rotatable bonds is 6. The van der Waals surface area contributed by atoms with Crippen molar-refractivity contribution in [2.45, 2.75) is 57.5 Å². The van der Waals surface area contributed by atoms with Crippen LogP contribution >= 0.6 is 0 Å². The fourth-order valence-corrected chi connectivity index (χ4v) is 3.85. The fraction of sp³-hybridized carbons (Fsp3) is 0.550. The van der Waals surface area contributed by atoms with Gasteiger partial charge in [-0.25, -0.2) is 4.79 Å². The number of amides is 4. The molecule has 1 aliphatic carbocycles. The Balaban J connectivity index is 1.49. The van der Waals surface area contributed by atoms with Gasteiger partial charge in [-0.05, 0) is 38.2 Å². The second-order valence-corrected chi connectivity index (χ2v) is 7.36.